The second-order valence-corrected chi connectivity index (χ2v) is 30.2. The van der Waals surface area contributed by atoms with Crippen LogP contribution in [0.3, 0.4) is 0 Å². The molecule has 10 heteroatoms. The Morgan fingerprint density at radius 1 is 0.348 bits per heavy atom. The average Bonchev–Trinajstić information content (AvgIpc) is 3.25. The third-order valence-corrected chi connectivity index (χ3v) is 28.2. The first-order chi connectivity index (χ1) is 31.3. The predicted molar refractivity (Wildman–Crippen MR) is 279 cm³/mol. The molecule has 0 saturated carbocycles. The maximum atomic E-state index is 6.38. The van der Waals surface area contributed by atoms with E-state index >= 15 is 0 Å². The Kier molecular flexibility index (Phi) is 11.0. The van der Waals surface area contributed by atoms with Gasteiger partial charge in [-0.1, -0.05) is 0 Å². The predicted octanol–water partition coefficient (Wildman–Crippen LogP) is 10.6. The molecule has 3 heterocycles. The van der Waals surface area contributed by atoms with Crippen LogP contribution in [0.15, 0.2) is 192 Å². The van der Waals surface area contributed by atoms with Crippen LogP contribution in [0.25, 0.3) is 0 Å². The Balaban J connectivity index is 1.53. The summed E-state index contributed by atoms with van der Waals surface area (Å²) in [6, 6.07) is 65.3. The van der Waals surface area contributed by atoms with Crippen molar-refractivity contribution in [1.82, 2.24) is 17.8 Å². The van der Waals surface area contributed by atoms with Crippen molar-refractivity contribution in [3.63, 3.8) is 0 Å². The molecule has 0 amide bonds. The summed E-state index contributed by atoms with van der Waals surface area (Å²) in [5.41, 5.74) is 7.19. The molecule has 2 spiro atoms. The standard InChI is InChI=1S/C56H68N8Si2/c1-53(2,3)59-51(47-39-27-17-28-40-47)60(54(4,5)6)65(59)63(57-49(43-31-19-13-20-32-43)44-33-21-14-22-34-44)66(64(65)58-50(45-35-23-15-24-36-45)46-37-25-16-26-38-46)61(55(7,8)9)52(62(66)56(10,11)12)48-41-29-18-30-42-48/h13-42,65-66H,1-12H3. The van der Waals surface area contributed by atoms with E-state index < -0.39 is 17.4 Å². The Bertz CT molecular complexity index is 2550. The molecule has 3 aliphatic rings. The van der Waals surface area contributed by atoms with Crippen LogP contribution in [0.4, 0.5) is 0 Å². The monoisotopic (exact) mass is 909 g/mol. The first-order valence-electron chi connectivity index (χ1n) is 23.7. The molecular formula is C56H68N8Si2. The van der Waals surface area contributed by atoms with E-state index in [9.17, 15) is 0 Å². The molecule has 6 aromatic carbocycles. The SMILES string of the molecule is CC(C)(C)N1C(c2ccccc2)=[N+](C(C)(C)C)[SiH-]12N(N=C(c1ccccc1)c1ccccc1)[SiH-]1(N(C(C)(C)C)C(c3ccccc3)=[N+]1C(C)(C)C)N2N=C(c1ccccc1)c1ccccc1. The summed E-state index contributed by atoms with van der Waals surface area (Å²) in [6.07, 6.45) is 0. The van der Waals surface area contributed by atoms with Crippen LogP contribution in [-0.2, 0) is 0 Å². The molecule has 3 aliphatic heterocycles. The van der Waals surface area contributed by atoms with Gasteiger partial charge in [0.05, 0.1) is 0 Å². The fourth-order valence-corrected chi connectivity index (χ4v) is 29.5. The van der Waals surface area contributed by atoms with E-state index in [1.807, 2.05) is 0 Å². The third kappa shape index (κ3) is 7.08. The molecule has 0 aromatic heterocycles. The summed E-state index contributed by atoms with van der Waals surface area (Å²) < 4.78 is 16.7. The van der Waals surface area contributed by atoms with Crippen LogP contribution in [0.1, 0.15) is 116 Å². The van der Waals surface area contributed by atoms with E-state index in [2.05, 4.69) is 291 Å². The average molecular weight is 909 g/mol. The summed E-state index contributed by atoms with van der Waals surface area (Å²) in [5, 5.41) is 12.8. The zero-order chi connectivity index (χ0) is 46.9. The van der Waals surface area contributed by atoms with Gasteiger partial charge in [-0.15, -0.1) is 0 Å². The summed E-state index contributed by atoms with van der Waals surface area (Å²) in [6.45, 7) is 28.6. The molecule has 0 unspecified atom stereocenters. The van der Waals surface area contributed by atoms with E-state index in [4.69, 9.17) is 10.2 Å². The van der Waals surface area contributed by atoms with Gasteiger partial charge in [0.15, 0.2) is 0 Å². The minimum absolute atomic E-state index is 0.353. The molecule has 0 N–H and O–H groups in total. The van der Waals surface area contributed by atoms with E-state index in [0.717, 1.165) is 33.7 Å². The molecule has 1 saturated heterocycles. The number of hydrazone groups is 2. The van der Waals surface area contributed by atoms with Crippen LogP contribution in [0.5, 0.6) is 0 Å². The van der Waals surface area contributed by atoms with Crippen molar-refractivity contribution in [2.75, 3.05) is 0 Å². The van der Waals surface area contributed by atoms with Gasteiger partial charge in [0, 0.05) is 0 Å². The second-order valence-electron chi connectivity index (χ2n) is 22.0. The Labute approximate surface area is 395 Å². The van der Waals surface area contributed by atoms with Gasteiger partial charge in [0.1, 0.15) is 0 Å². The van der Waals surface area contributed by atoms with Gasteiger partial charge in [0.25, 0.3) is 0 Å². The molecule has 0 radical (unpaired) electrons. The minimum atomic E-state index is -4.06. The topological polar surface area (TPSA) is 43.7 Å². The molecule has 66 heavy (non-hydrogen) atoms. The number of hydrogen-bond donors (Lipinski definition) is 0. The molecule has 0 bridgehead atoms. The normalized spacial score (nSPS) is 17.8. The first-order valence-corrected chi connectivity index (χ1v) is 27.8. The molecular weight excluding hydrogens is 841 g/mol. The zero-order valence-corrected chi connectivity index (χ0v) is 43.4. The summed E-state index contributed by atoms with van der Waals surface area (Å²) in [7, 11) is -8.12. The van der Waals surface area contributed by atoms with E-state index in [0.29, 0.717) is 0 Å². The van der Waals surface area contributed by atoms with Gasteiger partial charge in [0.2, 0.25) is 0 Å². The quantitative estimate of drug-likeness (QED) is 0.113. The van der Waals surface area contributed by atoms with Gasteiger partial charge in [-0.05, 0) is 0 Å². The number of rotatable bonds is 8. The van der Waals surface area contributed by atoms with Crippen molar-refractivity contribution in [2.24, 2.45) is 10.2 Å². The fourth-order valence-electron chi connectivity index (χ4n) is 11.2. The number of nitrogens with zero attached hydrogens (tertiary/aromatic N) is 8. The van der Waals surface area contributed by atoms with Gasteiger partial charge in [-0.2, -0.15) is 0 Å². The van der Waals surface area contributed by atoms with Crippen molar-refractivity contribution in [3.05, 3.63) is 215 Å². The summed E-state index contributed by atoms with van der Waals surface area (Å²) in [4.78, 5) is 0. The van der Waals surface area contributed by atoms with E-state index in [1.165, 1.54) is 22.8 Å². The molecule has 8 nitrogen and oxygen atoms in total. The van der Waals surface area contributed by atoms with Crippen LogP contribution in [0.2, 0.25) is 0 Å². The van der Waals surface area contributed by atoms with Crippen LogP contribution >= 0.6 is 0 Å². The van der Waals surface area contributed by atoms with Crippen molar-refractivity contribution in [2.45, 2.75) is 105 Å². The van der Waals surface area contributed by atoms with Crippen molar-refractivity contribution in [3.8, 4) is 0 Å². The van der Waals surface area contributed by atoms with Gasteiger partial charge >= 0.3 is 398 Å². The van der Waals surface area contributed by atoms with E-state index in [1.54, 1.807) is 0 Å². The Hall–Kier alpha value is -6.37. The van der Waals surface area contributed by atoms with Gasteiger partial charge < -0.3 is 0 Å². The third-order valence-electron chi connectivity index (χ3n) is 13.3. The number of hydrogen-bond acceptors (Lipinski definition) is 6. The molecule has 1 fully saturated rings. The maximum absolute atomic E-state index is 6.38. The summed E-state index contributed by atoms with van der Waals surface area (Å²) in [5.74, 6) is 2.43. The van der Waals surface area contributed by atoms with Gasteiger partial charge in [-0.3, -0.25) is 0 Å². The van der Waals surface area contributed by atoms with Gasteiger partial charge in [-0.25, -0.2) is 0 Å². The van der Waals surface area contributed by atoms with Crippen LogP contribution in [-0.4, -0.2) is 89.0 Å². The molecule has 0 aliphatic carbocycles. The van der Waals surface area contributed by atoms with Crippen molar-refractivity contribution < 1.29 is 8.48 Å². The summed E-state index contributed by atoms with van der Waals surface area (Å²) >= 11 is 0. The molecule has 6 aromatic rings. The number of benzene rings is 6. The molecule has 340 valence electrons. The Morgan fingerprint density at radius 3 is 0.788 bits per heavy atom. The fraction of sp³-hybridized carbons (Fsp3) is 0.286. The van der Waals surface area contributed by atoms with Crippen LogP contribution in [0, 0.1) is 0 Å². The molecule has 9 rings (SSSR count). The van der Waals surface area contributed by atoms with E-state index in [-0.39, 0.29) is 22.2 Å². The van der Waals surface area contributed by atoms with Crippen molar-refractivity contribution in [1.29, 1.82) is 0 Å². The first kappa shape index (κ1) is 44.8. The molecule has 0 atom stereocenters. The Morgan fingerprint density at radius 2 is 0.576 bits per heavy atom. The zero-order valence-electron chi connectivity index (χ0n) is 41.1. The number of amidine groups is 2. The van der Waals surface area contributed by atoms with Crippen molar-refractivity contribution >= 4 is 40.5 Å². The van der Waals surface area contributed by atoms with Crippen LogP contribution < -0.4 is 0 Å². The second kappa shape index (κ2) is 16.2.